The van der Waals surface area contributed by atoms with Crippen LogP contribution in [0.15, 0.2) is 27.1 Å². The summed E-state index contributed by atoms with van der Waals surface area (Å²) < 4.78 is 7.50. The van der Waals surface area contributed by atoms with Gasteiger partial charge in [0.1, 0.15) is 5.75 Å². The lowest BCUT2D eigenvalue weighted by Crippen LogP contribution is -1.95. The molecule has 0 unspecified atom stereocenters. The molecule has 0 fully saturated rings. The topological polar surface area (TPSA) is 9.23 Å². The largest absolute Gasteiger partial charge is 0.492 e. The van der Waals surface area contributed by atoms with E-state index in [9.17, 15) is 0 Å². The van der Waals surface area contributed by atoms with Crippen LogP contribution in [0, 0.1) is 0 Å². The predicted molar refractivity (Wildman–Crippen MR) is 57.6 cm³/mol. The minimum atomic E-state index is 0.759. The molecule has 3 heteroatoms. The highest BCUT2D eigenvalue weighted by molar-refractivity contribution is 9.13. The summed E-state index contributed by atoms with van der Waals surface area (Å²) in [5, 5.41) is 0. The maximum absolute atomic E-state index is 5.49. The van der Waals surface area contributed by atoms with Crippen LogP contribution in [-0.4, -0.2) is 6.61 Å². The van der Waals surface area contributed by atoms with Gasteiger partial charge in [-0.3, -0.25) is 0 Å². The molecule has 0 spiro atoms. The molecule has 0 atom stereocenters. The van der Waals surface area contributed by atoms with E-state index in [0.29, 0.717) is 0 Å². The molecule has 0 aliphatic rings. The number of halogens is 2. The lowest BCUT2D eigenvalue weighted by molar-refractivity contribution is 0.315. The van der Waals surface area contributed by atoms with Crippen molar-refractivity contribution in [3.05, 3.63) is 27.1 Å². The van der Waals surface area contributed by atoms with E-state index in [1.165, 1.54) is 0 Å². The van der Waals surface area contributed by atoms with Crippen LogP contribution in [0.2, 0.25) is 0 Å². The van der Waals surface area contributed by atoms with Crippen molar-refractivity contribution in [1.82, 2.24) is 0 Å². The van der Waals surface area contributed by atoms with Crippen LogP contribution in [0.3, 0.4) is 0 Å². The first kappa shape index (κ1) is 10.1. The molecule has 0 aliphatic heterocycles. The van der Waals surface area contributed by atoms with Crippen LogP contribution >= 0.6 is 31.9 Å². The summed E-state index contributed by atoms with van der Waals surface area (Å²) in [7, 11) is 0. The van der Waals surface area contributed by atoms with E-state index < -0.39 is 0 Å². The number of hydrogen-bond donors (Lipinski definition) is 0. The van der Waals surface area contributed by atoms with Gasteiger partial charge >= 0.3 is 0 Å². The minimum absolute atomic E-state index is 0.759. The van der Waals surface area contributed by atoms with E-state index in [4.69, 9.17) is 4.74 Å². The fraction of sp³-hybridized carbons (Fsp3) is 0.333. The first-order chi connectivity index (χ1) is 5.75. The molecule has 0 bridgehead atoms. The van der Waals surface area contributed by atoms with Gasteiger partial charge in [-0.1, -0.05) is 13.0 Å². The number of hydrogen-bond acceptors (Lipinski definition) is 1. The van der Waals surface area contributed by atoms with Crippen LogP contribution in [0.1, 0.15) is 13.3 Å². The Morgan fingerprint density at radius 2 is 2.08 bits per heavy atom. The summed E-state index contributed by atoms with van der Waals surface area (Å²) in [5.74, 6) is 0.895. The van der Waals surface area contributed by atoms with E-state index >= 15 is 0 Å². The zero-order valence-electron chi connectivity index (χ0n) is 6.81. The highest BCUT2D eigenvalue weighted by atomic mass is 79.9. The molecule has 66 valence electrons. The molecule has 0 amide bonds. The number of rotatable bonds is 3. The zero-order chi connectivity index (χ0) is 8.97. The average Bonchev–Trinajstić information content (AvgIpc) is 2.08. The van der Waals surface area contributed by atoms with Crippen LogP contribution in [-0.2, 0) is 0 Å². The highest BCUT2D eigenvalue weighted by Crippen LogP contribution is 2.32. The fourth-order valence-corrected chi connectivity index (χ4v) is 1.53. The average molecular weight is 294 g/mol. The lowest BCUT2D eigenvalue weighted by Gasteiger charge is -2.07. The normalized spacial score (nSPS) is 9.92. The minimum Gasteiger partial charge on any atom is -0.492 e. The monoisotopic (exact) mass is 292 g/mol. The van der Waals surface area contributed by atoms with Crippen molar-refractivity contribution in [3.8, 4) is 5.75 Å². The molecule has 0 heterocycles. The van der Waals surface area contributed by atoms with Gasteiger partial charge in [0.25, 0.3) is 0 Å². The quantitative estimate of drug-likeness (QED) is 0.818. The van der Waals surface area contributed by atoms with Crippen molar-refractivity contribution < 1.29 is 4.74 Å². The van der Waals surface area contributed by atoms with E-state index in [-0.39, 0.29) is 0 Å². The van der Waals surface area contributed by atoms with Gasteiger partial charge in [0.15, 0.2) is 0 Å². The molecular weight excluding hydrogens is 284 g/mol. The van der Waals surface area contributed by atoms with Crippen LogP contribution < -0.4 is 4.74 Å². The van der Waals surface area contributed by atoms with Crippen molar-refractivity contribution in [3.63, 3.8) is 0 Å². The molecule has 1 aromatic rings. The van der Waals surface area contributed by atoms with Crippen molar-refractivity contribution in [2.75, 3.05) is 6.61 Å². The second-order valence-corrected chi connectivity index (χ2v) is 4.05. The zero-order valence-corrected chi connectivity index (χ0v) is 9.98. The Labute approximate surface area is 89.4 Å². The number of benzene rings is 1. The van der Waals surface area contributed by atoms with Gasteiger partial charge in [0, 0.05) is 4.47 Å². The molecule has 0 aromatic heterocycles. The van der Waals surface area contributed by atoms with Crippen molar-refractivity contribution in [2.45, 2.75) is 13.3 Å². The summed E-state index contributed by atoms with van der Waals surface area (Å²) >= 11 is 6.85. The standard InChI is InChI=1S/C9H10Br2O/c1-2-6-12-8-5-3-4-7(10)9(8)11/h3-5H,2,6H2,1H3. The van der Waals surface area contributed by atoms with E-state index in [1.807, 2.05) is 18.2 Å². The smallest absolute Gasteiger partial charge is 0.134 e. The maximum atomic E-state index is 5.49. The molecule has 12 heavy (non-hydrogen) atoms. The molecule has 0 saturated carbocycles. The van der Waals surface area contributed by atoms with E-state index in [0.717, 1.165) is 27.7 Å². The summed E-state index contributed by atoms with van der Waals surface area (Å²) in [4.78, 5) is 0. The van der Waals surface area contributed by atoms with Crippen LogP contribution in [0.25, 0.3) is 0 Å². The van der Waals surface area contributed by atoms with Crippen molar-refractivity contribution in [1.29, 1.82) is 0 Å². The highest BCUT2D eigenvalue weighted by Gasteiger charge is 2.02. The van der Waals surface area contributed by atoms with Gasteiger partial charge < -0.3 is 4.74 Å². The summed E-state index contributed by atoms with van der Waals surface area (Å²) in [6, 6.07) is 5.88. The summed E-state index contributed by atoms with van der Waals surface area (Å²) in [6.07, 6.45) is 1.03. The van der Waals surface area contributed by atoms with Gasteiger partial charge in [0.2, 0.25) is 0 Å². The fourth-order valence-electron chi connectivity index (χ4n) is 0.808. The van der Waals surface area contributed by atoms with Crippen LogP contribution in [0.4, 0.5) is 0 Å². The third-order valence-electron chi connectivity index (χ3n) is 1.38. The Morgan fingerprint density at radius 1 is 1.33 bits per heavy atom. The van der Waals surface area contributed by atoms with Crippen molar-refractivity contribution in [2.24, 2.45) is 0 Å². The molecule has 0 aliphatic carbocycles. The summed E-state index contributed by atoms with van der Waals surface area (Å²) in [5.41, 5.74) is 0. The number of ether oxygens (including phenoxy) is 1. The molecule has 0 N–H and O–H groups in total. The van der Waals surface area contributed by atoms with Gasteiger partial charge in [-0.25, -0.2) is 0 Å². The Bertz CT molecular complexity index is 261. The van der Waals surface area contributed by atoms with Gasteiger partial charge in [-0.15, -0.1) is 0 Å². The third-order valence-corrected chi connectivity index (χ3v) is 3.39. The molecule has 0 radical (unpaired) electrons. The molecular formula is C9H10Br2O. The second kappa shape index (κ2) is 4.87. The molecule has 1 aromatic carbocycles. The Kier molecular flexibility index (Phi) is 4.09. The Balaban J connectivity index is 2.78. The molecule has 1 nitrogen and oxygen atoms in total. The Hall–Kier alpha value is -0.0200. The predicted octanol–water partition coefficient (Wildman–Crippen LogP) is 4.00. The van der Waals surface area contributed by atoms with Gasteiger partial charge in [-0.05, 0) is 50.4 Å². The third kappa shape index (κ3) is 2.49. The van der Waals surface area contributed by atoms with E-state index in [2.05, 4.69) is 38.8 Å². The lowest BCUT2D eigenvalue weighted by atomic mass is 10.3. The Morgan fingerprint density at radius 3 is 2.75 bits per heavy atom. The van der Waals surface area contributed by atoms with Crippen LogP contribution in [0.5, 0.6) is 5.75 Å². The molecule has 0 saturated heterocycles. The maximum Gasteiger partial charge on any atom is 0.134 e. The van der Waals surface area contributed by atoms with Gasteiger partial charge in [0.05, 0.1) is 11.1 Å². The molecule has 1 rings (SSSR count). The second-order valence-electron chi connectivity index (χ2n) is 2.40. The SMILES string of the molecule is CCCOc1cccc(Br)c1Br. The van der Waals surface area contributed by atoms with E-state index in [1.54, 1.807) is 0 Å². The summed E-state index contributed by atoms with van der Waals surface area (Å²) in [6.45, 7) is 2.85. The van der Waals surface area contributed by atoms with Gasteiger partial charge in [-0.2, -0.15) is 0 Å². The first-order valence-electron chi connectivity index (χ1n) is 3.82. The van der Waals surface area contributed by atoms with Crippen molar-refractivity contribution >= 4 is 31.9 Å². The first-order valence-corrected chi connectivity index (χ1v) is 5.41.